The van der Waals surface area contributed by atoms with Crippen molar-refractivity contribution in [2.45, 2.75) is 17.5 Å². The number of hydrogen-bond donors (Lipinski definition) is 2. The maximum atomic E-state index is 11.9. The quantitative estimate of drug-likeness (QED) is 0.421. The van der Waals surface area contributed by atoms with E-state index < -0.39 is 29.9 Å². The van der Waals surface area contributed by atoms with Crippen molar-refractivity contribution in [2.75, 3.05) is 11.6 Å². The molecule has 2 aliphatic rings. The smallest absolute Gasteiger partial charge is 0.330 e. The molecule has 2 unspecified atom stereocenters. The number of carboxylic acid groups (broad SMARTS) is 1. The molecule has 0 bridgehead atoms. The van der Waals surface area contributed by atoms with Crippen LogP contribution in [0.2, 0.25) is 0 Å². The van der Waals surface area contributed by atoms with Crippen LogP contribution in [0.5, 0.6) is 0 Å². The van der Waals surface area contributed by atoms with Crippen molar-refractivity contribution in [3.05, 3.63) is 12.2 Å². The average molecular weight is 291 g/mol. The molecule has 0 saturated carbocycles. The van der Waals surface area contributed by atoms with Crippen LogP contribution in [0.4, 0.5) is 0 Å². The monoisotopic (exact) mass is 290 g/mol. The normalized spacial score (nSPS) is 30.5. The Kier molecular flexibility index (Phi) is 3.54. The van der Waals surface area contributed by atoms with Gasteiger partial charge in [0.25, 0.3) is 0 Å². The SMILES string of the molecule is C=C1CS[C@H]2C(NC(=O)CCl)C(=O)N2C1C(=O)O. The van der Waals surface area contributed by atoms with Gasteiger partial charge in [0, 0.05) is 5.75 Å². The van der Waals surface area contributed by atoms with E-state index in [2.05, 4.69) is 11.9 Å². The van der Waals surface area contributed by atoms with Crippen LogP contribution >= 0.6 is 23.4 Å². The number of halogens is 1. The number of β-lactam (4-membered cyclic amide) rings is 1. The molecule has 0 radical (unpaired) electrons. The van der Waals surface area contributed by atoms with E-state index >= 15 is 0 Å². The van der Waals surface area contributed by atoms with E-state index in [0.717, 1.165) is 0 Å². The van der Waals surface area contributed by atoms with Gasteiger partial charge in [-0.25, -0.2) is 4.79 Å². The van der Waals surface area contributed by atoms with Crippen molar-refractivity contribution >= 4 is 41.1 Å². The van der Waals surface area contributed by atoms with Crippen LogP contribution in [0.25, 0.3) is 0 Å². The van der Waals surface area contributed by atoms with Crippen molar-refractivity contribution in [1.29, 1.82) is 0 Å². The molecule has 6 nitrogen and oxygen atoms in total. The van der Waals surface area contributed by atoms with Crippen LogP contribution < -0.4 is 5.32 Å². The Balaban J connectivity index is 2.13. The van der Waals surface area contributed by atoms with Crippen LogP contribution in [-0.4, -0.2) is 56.9 Å². The van der Waals surface area contributed by atoms with Crippen molar-refractivity contribution in [1.82, 2.24) is 10.2 Å². The van der Waals surface area contributed by atoms with Gasteiger partial charge in [-0.15, -0.1) is 23.4 Å². The highest BCUT2D eigenvalue weighted by Crippen LogP contribution is 2.39. The first-order valence-electron chi connectivity index (χ1n) is 5.17. The maximum Gasteiger partial charge on any atom is 0.330 e. The Bertz CT molecular complexity index is 442. The number of nitrogens with zero attached hydrogens (tertiary/aromatic N) is 1. The van der Waals surface area contributed by atoms with Gasteiger partial charge >= 0.3 is 5.97 Å². The van der Waals surface area contributed by atoms with E-state index in [4.69, 9.17) is 16.7 Å². The number of carbonyl (C=O) groups excluding carboxylic acids is 2. The van der Waals surface area contributed by atoms with Crippen molar-refractivity contribution in [3.8, 4) is 0 Å². The average Bonchev–Trinajstić information content (AvgIpc) is 2.34. The number of carboxylic acids is 1. The van der Waals surface area contributed by atoms with Gasteiger partial charge in [-0.2, -0.15) is 0 Å². The van der Waals surface area contributed by atoms with Crippen LogP contribution in [-0.2, 0) is 14.4 Å². The largest absolute Gasteiger partial charge is 0.479 e. The number of fused-ring (bicyclic) bond motifs is 1. The summed E-state index contributed by atoms with van der Waals surface area (Å²) >= 11 is 6.74. The predicted octanol–water partition coefficient (Wildman–Crippen LogP) is -0.366. The molecule has 98 valence electrons. The first kappa shape index (κ1) is 13.2. The molecular weight excluding hydrogens is 280 g/mol. The lowest BCUT2D eigenvalue weighted by Crippen LogP contribution is -2.74. The number of nitrogens with one attached hydrogen (secondary N) is 1. The fourth-order valence-corrected chi connectivity index (χ4v) is 3.43. The molecule has 3 atom stereocenters. The van der Waals surface area contributed by atoms with Gasteiger partial charge in [-0.3, -0.25) is 9.59 Å². The first-order valence-corrected chi connectivity index (χ1v) is 6.75. The second kappa shape index (κ2) is 4.81. The van der Waals surface area contributed by atoms with E-state index in [1.165, 1.54) is 16.7 Å². The molecule has 0 aliphatic carbocycles. The Labute approximate surface area is 112 Å². The van der Waals surface area contributed by atoms with Crippen LogP contribution in [0, 0.1) is 0 Å². The predicted molar refractivity (Wildman–Crippen MR) is 66.3 cm³/mol. The zero-order valence-corrected chi connectivity index (χ0v) is 10.8. The van der Waals surface area contributed by atoms with Gasteiger partial charge in [0.1, 0.15) is 17.3 Å². The molecule has 2 aliphatic heterocycles. The molecule has 8 heteroatoms. The molecule has 18 heavy (non-hydrogen) atoms. The molecule has 0 aromatic heterocycles. The summed E-state index contributed by atoms with van der Waals surface area (Å²) in [6.45, 7) is 3.67. The summed E-state index contributed by atoms with van der Waals surface area (Å²) < 4.78 is 0. The summed E-state index contributed by atoms with van der Waals surface area (Å²) in [6.07, 6.45) is 0. The Morgan fingerprint density at radius 3 is 2.83 bits per heavy atom. The number of thioether (sulfide) groups is 1. The molecular formula is C10H11ClN2O4S. The highest BCUT2D eigenvalue weighted by atomic mass is 35.5. The standard InChI is InChI=1S/C10H11ClN2O4S/c1-4-3-18-9-6(12-5(14)2-11)8(15)13(9)7(4)10(16)17/h6-7,9H,1-3H2,(H,12,14)(H,16,17)/t6?,7?,9-/m0/s1. The summed E-state index contributed by atoms with van der Waals surface area (Å²) in [5.41, 5.74) is 0.485. The van der Waals surface area contributed by atoms with Gasteiger partial charge in [0.05, 0.1) is 0 Å². The van der Waals surface area contributed by atoms with E-state index in [1.54, 1.807) is 0 Å². The van der Waals surface area contributed by atoms with Crippen molar-refractivity contribution in [3.63, 3.8) is 0 Å². The van der Waals surface area contributed by atoms with Crippen LogP contribution in [0.15, 0.2) is 12.2 Å². The lowest BCUT2D eigenvalue weighted by molar-refractivity contribution is -0.160. The Hall–Kier alpha value is -1.21. The molecule has 2 fully saturated rings. The molecule has 2 amide bonds. The molecule has 2 rings (SSSR count). The van der Waals surface area contributed by atoms with Gasteiger partial charge in [0.15, 0.2) is 6.04 Å². The second-order valence-corrected chi connectivity index (χ2v) is 5.40. The van der Waals surface area contributed by atoms with Gasteiger partial charge < -0.3 is 15.3 Å². The number of alkyl halides is 1. The topological polar surface area (TPSA) is 86.7 Å². The van der Waals surface area contributed by atoms with Gasteiger partial charge in [0.2, 0.25) is 11.8 Å². The summed E-state index contributed by atoms with van der Waals surface area (Å²) in [5.74, 6) is -1.71. The highest BCUT2D eigenvalue weighted by molar-refractivity contribution is 8.00. The van der Waals surface area contributed by atoms with Crippen molar-refractivity contribution in [2.24, 2.45) is 0 Å². The van der Waals surface area contributed by atoms with E-state index in [0.29, 0.717) is 11.3 Å². The molecule has 2 saturated heterocycles. The number of amides is 2. The van der Waals surface area contributed by atoms with E-state index in [1.807, 2.05) is 0 Å². The summed E-state index contributed by atoms with van der Waals surface area (Å²) in [5, 5.41) is 11.2. The highest BCUT2D eigenvalue weighted by Gasteiger charge is 2.56. The van der Waals surface area contributed by atoms with Crippen LogP contribution in [0.1, 0.15) is 0 Å². The number of carbonyl (C=O) groups is 3. The van der Waals surface area contributed by atoms with Crippen molar-refractivity contribution < 1.29 is 19.5 Å². The molecule has 0 aromatic rings. The van der Waals surface area contributed by atoms with Gasteiger partial charge in [-0.1, -0.05) is 6.58 Å². The lowest BCUT2D eigenvalue weighted by atomic mass is 9.99. The minimum Gasteiger partial charge on any atom is -0.479 e. The Morgan fingerprint density at radius 2 is 2.28 bits per heavy atom. The summed E-state index contributed by atoms with van der Waals surface area (Å²) in [6, 6.07) is -1.68. The molecule has 2 N–H and O–H groups in total. The number of rotatable bonds is 3. The maximum absolute atomic E-state index is 11.9. The third-order valence-electron chi connectivity index (χ3n) is 2.86. The zero-order valence-electron chi connectivity index (χ0n) is 9.26. The lowest BCUT2D eigenvalue weighted by Gasteiger charge is -2.52. The zero-order chi connectivity index (χ0) is 13.4. The third kappa shape index (κ3) is 1.97. The fourth-order valence-electron chi connectivity index (χ4n) is 2.04. The molecule has 0 spiro atoms. The molecule has 0 aromatic carbocycles. The van der Waals surface area contributed by atoms with Gasteiger partial charge in [-0.05, 0) is 5.57 Å². The number of aliphatic carboxylic acids is 1. The molecule has 2 heterocycles. The van der Waals surface area contributed by atoms with E-state index in [-0.39, 0.29) is 11.3 Å². The number of hydrogen-bond acceptors (Lipinski definition) is 4. The second-order valence-electron chi connectivity index (χ2n) is 4.02. The Morgan fingerprint density at radius 1 is 1.61 bits per heavy atom. The minimum absolute atomic E-state index is 0.226. The van der Waals surface area contributed by atoms with Crippen LogP contribution in [0.3, 0.4) is 0 Å². The third-order valence-corrected chi connectivity index (χ3v) is 4.48. The summed E-state index contributed by atoms with van der Waals surface area (Å²) in [4.78, 5) is 35.4. The first-order chi connectivity index (χ1) is 8.47. The van der Waals surface area contributed by atoms with E-state index in [9.17, 15) is 14.4 Å². The minimum atomic E-state index is -1.10. The summed E-state index contributed by atoms with van der Waals surface area (Å²) in [7, 11) is 0. The fraction of sp³-hybridized carbons (Fsp3) is 0.500.